The minimum absolute atomic E-state index is 0.0305. The number of nitrogens with two attached hydrogens (primary N) is 1. The van der Waals surface area contributed by atoms with Gasteiger partial charge < -0.3 is 15.7 Å². The number of nitrogens with zero attached hydrogens (tertiary/aromatic N) is 3. The highest BCUT2D eigenvalue weighted by Gasteiger charge is 2.57. The molecule has 1 aromatic carbocycles. The summed E-state index contributed by atoms with van der Waals surface area (Å²) in [5.41, 5.74) is 8.15. The number of hydrogen-bond donors (Lipinski definition) is 4. The first kappa shape index (κ1) is 24.2. The number of phenolic OH excluding ortho intramolecular Hbond substituents is 1. The molecule has 1 aromatic rings. The number of likely N-dealkylation sites (tertiary alicyclic amines) is 1. The van der Waals surface area contributed by atoms with Gasteiger partial charge in [-0.15, -0.1) is 0 Å². The van der Waals surface area contributed by atoms with Crippen LogP contribution in [0.4, 0.5) is 14.5 Å². The molecule has 0 bridgehead atoms. The first-order valence-electron chi connectivity index (χ1n) is 13.5. The third-order valence-electron chi connectivity index (χ3n) is 8.97. The van der Waals surface area contributed by atoms with E-state index in [1.165, 1.54) is 18.4 Å². The molecule has 6 rings (SSSR count). The quantitative estimate of drug-likeness (QED) is 0.473. The van der Waals surface area contributed by atoms with Crippen LogP contribution in [0.2, 0.25) is 0 Å². The molecule has 5 N–H and O–H groups in total. The average molecular weight is 504 g/mol. The van der Waals surface area contributed by atoms with Gasteiger partial charge in [0.05, 0.1) is 18.0 Å². The van der Waals surface area contributed by atoms with E-state index in [4.69, 9.17) is 10.8 Å². The lowest BCUT2D eigenvalue weighted by Gasteiger charge is -2.45. The van der Waals surface area contributed by atoms with E-state index in [2.05, 4.69) is 16.7 Å². The zero-order valence-corrected chi connectivity index (χ0v) is 20.7. The van der Waals surface area contributed by atoms with Gasteiger partial charge in [0, 0.05) is 38.5 Å². The Morgan fingerprint density at radius 2 is 2.00 bits per heavy atom. The van der Waals surface area contributed by atoms with E-state index in [1.54, 1.807) is 0 Å². The highest BCUT2D eigenvalue weighted by atomic mass is 19.3. The molecule has 4 fully saturated rings. The van der Waals surface area contributed by atoms with E-state index in [9.17, 15) is 18.7 Å². The van der Waals surface area contributed by atoms with Crippen LogP contribution in [0.25, 0.3) is 0 Å². The highest BCUT2D eigenvalue weighted by Crippen LogP contribution is 2.47. The van der Waals surface area contributed by atoms with Crippen LogP contribution < -0.4 is 16.4 Å². The second kappa shape index (κ2) is 8.99. The van der Waals surface area contributed by atoms with E-state index in [1.807, 2.05) is 21.7 Å². The molecule has 7 unspecified atom stereocenters. The fourth-order valence-electron chi connectivity index (χ4n) is 6.96. The summed E-state index contributed by atoms with van der Waals surface area (Å²) >= 11 is 0. The van der Waals surface area contributed by atoms with Crippen LogP contribution in [-0.4, -0.2) is 70.1 Å². The number of carbonyl (C=O) groups excluding carboxylic acids is 1. The SMILES string of the molecule is CC(F)(F)C1NCC(C(=O)N2CCC3C4C(CCCCC42)N=[N+]3c2ccc(C3CC3)cc2O)C(N)N1. The van der Waals surface area contributed by atoms with Gasteiger partial charge in [0.15, 0.2) is 11.8 Å². The van der Waals surface area contributed by atoms with E-state index in [0.29, 0.717) is 12.5 Å². The minimum Gasteiger partial charge on any atom is -0.502 e. The van der Waals surface area contributed by atoms with Crippen molar-refractivity contribution in [3.63, 3.8) is 0 Å². The van der Waals surface area contributed by atoms with Crippen LogP contribution in [0.15, 0.2) is 23.3 Å². The van der Waals surface area contributed by atoms with Crippen LogP contribution in [-0.2, 0) is 4.79 Å². The van der Waals surface area contributed by atoms with Crippen LogP contribution in [0.5, 0.6) is 5.75 Å². The second-order valence-electron chi connectivity index (χ2n) is 11.5. The number of hydrogen-bond acceptors (Lipinski definition) is 6. The summed E-state index contributed by atoms with van der Waals surface area (Å²) < 4.78 is 29.6. The first-order chi connectivity index (χ1) is 17.2. The first-order valence-corrected chi connectivity index (χ1v) is 13.5. The lowest BCUT2D eigenvalue weighted by atomic mass is 9.79. The molecule has 1 amide bonds. The molecule has 0 radical (unpaired) electrons. The van der Waals surface area contributed by atoms with Crippen molar-refractivity contribution in [2.45, 2.75) is 94.2 Å². The van der Waals surface area contributed by atoms with Crippen molar-refractivity contribution in [1.29, 1.82) is 0 Å². The molecule has 3 aliphatic heterocycles. The molecule has 2 saturated heterocycles. The molecule has 196 valence electrons. The van der Waals surface area contributed by atoms with E-state index in [0.717, 1.165) is 44.7 Å². The summed E-state index contributed by atoms with van der Waals surface area (Å²) in [6, 6.07) is 6.26. The Labute approximate surface area is 210 Å². The molecule has 10 heteroatoms. The van der Waals surface area contributed by atoms with Crippen LogP contribution in [0.1, 0.15) is 63.4 Å². The predicted octanol–water partition coefficient (Wildman–Crippen LogP) is 2.98. The minimum atomic E-state index is -2.98. The van der Waals surface area contributed by atoms with Crippen molar-refractivity contribution in [1.82, 2.24) is 15.5 Å². The zero-order chi connectivity index (χ0) is 25.2. The summed E-state index contributed by atoms with van der Waals surface area (Å²) in [4.78, 5) is 15.7. The number of phenols is 1. The van der Waals surface area contributed by atoms with E-state index >= 15 is 0 Å². The lowest BCUT2D eigenvalue weighted by molar-refractivity contribution is -0.546. The Morgan fingerprint density at radius 3 is 2.69 bits per heavy atom. The molecular formula is C26H37F2N6O2+. The number of halogens is 2. The van der Waals surface area contributed by atoms with Crippen LogP contribution in [0, 0.1) is 11.8 Å². The van der Waals surface area contributed by atoms with Gasteiger partial charge in [-0.25, -0.2) is 8.78 Å². The maximum Gasteiger partial charge on any atom is 0.273 e. The molecule has 2 aliphatic carbocycles. The molecule has 36 heavy (non-hydrogen) atoms. The van der Waals surface area contributed by atoms with Gasteiger partial charge in [-0.2, -0.15) is 0 Å². The van der Waals surface area contributed by atoms with Crippen LogP contribution in [0.3, 0.4) is 0 Å². The largest absolute Gasteiger partial charge is 0.502 e. The molecule has 2 saturated carbocycles. The smallest absolute Gasteiger partial charge is 0.273 e. The Morgan fingerprint density at radius 1 is 1.22 bits per heavy atom. The van der Waals surface area contributed by atoms with Gasteiger partial charge in [0.1, 0.15) is 12.2 Å². The topological polar surface area (TPSA) is 106 Å². The van der Waals surface area contributed by atoms with Gasteiger partial charge in [-0.05, 0) is 48.3 Å². The standard InChI is InChI=1S/C26H36F2N6O2/c1-26(27,28)25-30-13-16(23(29)31-25)24(36)33-11-10-20-22-17(4-2-3-5-19(22)33)32-34(20)18-9-8-15(12-21(18)35)14-6-7-14/h8-9,12,14,16-17,19-20,22-23,25,30-31H,2-7,10-11,13,29H2,1H3/p+1. The van der Waals surface area contributed by atoms with Crippen molar-refractivity contribution in [3.8, 4) is 5.75 Å². The number of benzene rings is 1. The maximum absolute atomic E-state index is 13.8. The molecular weight excluding hydrogens is 466 g/mol. The average Bonchev–Trinajstić information content (AvgIpc) is 3.65. The number of amides is 1. The number of alkyl halides is 2. The zero-order valence-electron chi connectivity index (χ0n) is 20.7. The number of nitrogens with one attached hydrogen (secondary N) is 2. The molecule has 5 aliphatic rings. The number of rotatable bonds is 4. The van der Waals surface area contributed by atoms with Crippen molar-refractivity contribution >= 4 is 11.6 Å². The van der Waals surface area contributed by atoms with Crippen LogP contribution >= 0.6 is 0 Å². The second-order valence-corrected chi connectivity index (χ2v) is 11.5. The Balaban J connectivity index is 1.22. The van der Waals surface area contributed by atoms with E-state index in [-0.39, 0.29) is 42.2 Å². The molecule has 8 nitrogen and oxygen atoms in total. The third kappa shape index (κ3) is 4.20. The molecule has 7 atom stereocenters. The Hall–Kier alpha value is -2.17. The maximum atomic E-state index is 13.8. The monoisotopic (exact) mass is 503 g/mol. The van der Waals surface area contributed by atoms with Crippen molar-refractivity contribution < 1.29 is 23.4 Å². The highest BCUT2D eigenvalue weighted by molar-refractivity contribution is 5.80. The molecule has 0 spiro atoms. The Kier molecular flexibility index (Phi) is 6.04. The fraction of sp³-hybridized carbons (Fsp3) is 0.731. The lowest BCUT2D eigenvalue weighted by Crippen LogP contribution is -2.70. The fourth-order valence-corrected chi connectivity index (χ4v) is 6.96. The number of azo groups is 2. The summed E-state index contributed by atoms with van der Waals surface area (Å²) in [6.07, 6.45) is 4.98. The third-order valence-corrected chi connectivity index (χ3v) is 8.97. The van der Waals surface area contributed by atoms with Gasteiger partial charge in [-0.3, -0.25) is 15.4 Å². The van der Waals surface area contributed by atoms with Gasteiger partial charge in [-0.1, -0.05) is 23.6 Å². The summed E-state index contributed by atoms with van der Waals surface area (Å²) in [5.74, 6) is -2.62. The molecule has 3 heterocycles. The Bertz CT molecular complexity index is 1060. The van der Waals surface area contributed by atoms with E-state index < -0.39 is 24.2 Å². The van der Waals surface area contributed by atoms with Crippen molar-refractivity contribution in [2.24, 2.45) is 22.7 Å². The predicted molar refractivity (Wildman–Crippen MR) is 129 cm³/mol. The number of piperidine rings is 1. The number of aromatic hydroxyl groups is 1. The van der Waals surface area contributed by atoms with Gasteiger partial charge in [0.2, 0.25) is 5.91 Å². The van der Waals surface area contributed by atoms with Crippen molar-refractivity contribution in [3.05, 3.63) is 23.8 Å². The van der Waals surface area contributed by atoms with Gasteiger partial charge >= 0.3 is 0 Å². The normalized spacial score (nSPS) is 36.7. The number of carbonyl (C=O) groups is 1. The summed E-state index contributed by atoms with van der Waals surface area (Å²) in [6.45, 7) is 1.54. The summed E-state index contributed by atoms with van der Waals surface area (Å²) in [7, 11) is 0. The van der Waals surface area contributed by atoms with Gasteiger partial charge in [0.25, 0.3) is 11.6 Å². The molecule has 0 aromatic heterocycles. The van der Waals surface area contributed by atoms with Crippen molar-refractivity contribution in [2.75, 3.05) is 13.1 Å². The summed E-state index contributed by atoms with van der Waals surface area (Å²) in [5, 5.41) is 21.5.